The molecule has 3 heterocycles. The Balaban J connectivity index is 1.60. The molecule has 7 heteroatoms. The molecule has 1 fully saturated rings. The van der Waals surface area contributed by atoms with Gasteiger partial charge in [-0.1, -0.05) is 24.3 Å². The second kappa shape index (κ2) is 7.59. The topological polar surface area (TPSA) is 70.4 Å². The molecule has 27 heavy (non-hydrogen) atoms. The molecular weight excluding hydrogens is 364 g/mol. The van der Waals surface area contributed by atoms with E-state index in [1.807, 2.05) is 54.0 Å². The van der Waals surface area contributed by atoms with Crippen LogP contribution in [0.1, 0.15) is 12.0 Å². The molecule has 6 nitrogen and oxygen atoms in total. The number of benzene rings is 1. The molecule has 0 spiro atoms. The molecule has 1 saturated heterocycles. The monoisotopic (exact) mass is 380 g/mol. The fourth-order valence-electron chi connectivity index (χ4n) is 2.75. The minimum Gasteiger partial charge on any atom is -0.463 e. The average molecular weight is 380 g/mol. The number of hydrogen-bond acceptors (Lipinski definition) is 6. The Hall–Kier alpha value is -3.19. The highest BCUT2D eigenvalue weighted by Crippen LogP contribution is 2.28. The third-order valence-electron chi connectivity index (χ3n) is 4.06. The zero-order valence-electron chi connectivity index (χ0n) is 14.3. The molecule has 0 amide bonds. The van der Waals surface area contributed by atoms with E-state index in [1.165, 1.54) is 6.08 Å². The Labute approximate surface area is 159 Å². The molecule has 1 aliphatic heterocycles. The van der Waals surface area contributed by atoms with Crippen molar-refractivity contribution in [1.29, 1.82) is 0 Å². The van der Waals surface area contributed by atoms with Crippen molar-refractivity contribution in [3.8, 4) is 16.3 Å². The highest BCUT2D eigenvalue weighted by atomic mass is 32.1. The van der Waals surface area contributed by atoms with E-state index in [-0.39, 0.29) is 6.61 Å². The van der Waals surface area contributed by atoms with Gasteiger partial charge >= 0.3 is 11.9 Å². The van der Waals surface area contributed by atoms with Crippen molar-refractivity contribution in [2.75, 3.05) is 6.61 Å². The van der Waals surface area contributed by atoms with Gasteiger partial charge in [0.15, 0.2) is 0 Å². The Morgan fingerprint density at radius 3 is 2.81 bits per heavy atom. The van der Waals surface area contributed by atoms with Gasteiger partial charge in [-0.3, -0.25) is 0 Å². The van der Waals surface area contributed by atoms with E-state index in [1.54, 1.807) is 22.1 Å². The fraction of sp³-hybridized carbons (Fsp3) is 0.150. The van der Waals surface area contributed by atoms with Crippen molar-refractivity contribution in [3.63, 3.8) is 0 Å². The normalized spacial score (nSPS) is 16.6. The number of cyclic esters (lactones) is 1. The Morgan fingerprint density at radius 2 is 2.11 bits per heavy atom. The van der Waals surface area contributed by atoms with Crippen LogP contribution in [0.4, 0.5) is 0 Å². The summed E-state index contributed by atoms with van der Waals surface area (Å²) < 4.78 is 11.7. The summed E-state index contributed by atoms with van der Waals surface area (Å²) in [5.74, 6) is -1.07. The number of nitrogens with zero attached hydrogens (tertiary/aromatic N) is 2. The predicted octanol–water partition coefficient (Wildman–Crippen LogP) is 3.47. The molecule has 0 unspecified atom stereocenters. The summed E-state index contributed by atoms with van der Waals surface area (Å²) in [5.41, 5.74) is 2.48. The molecule has 4 rings (SSSR count). The molecule has 0 saturated carbocycles. The Bertz CT molecular complexity index is 977. The molecule has 2 aromatic heterocycles. The predicted molar refractivity (Wildman–Crippen MR) is 101 cm³/mol. The maximum Gasteiger partial charge on any atom is 0.347 e. The maximum atomic E-state index is 12.1. The lowest BCUT2D eigenvalue weighted by atomic mass is 10.2. The number of thiophene rings is 1. The molecule has 0 radical (unpaired) electrons. The van der Waals surface area contributed by atoms with Gasteiger partial charge in [-0.15, -0.1) is 11.3 Å². The zero-order valence-corrected chi connectivity index (χ0v) is 15.1. The lowest BCUT2D eigenvalue weighted by molar-refractivity contribution is -0.156. The van der Waals surface area contributed by atoms with Crippen molar-refractivity contribution in [2.45, 2.75) is 12.5 Å². The van der Waals surface area contributed by atoms with E-state index in [4.69, 9.17) is 9.47 Å². The average Bonchev–Trinajstić information content (AvgIpc) is 3.42. The molecule has 136 valence electrons. The van der Waals surface area contributed by atoms with E-state index in [0.717, 1.165) is 21.8 Å². The van der Waals surface area contributed by atoms with E-state index >= 15 is 0 Å². The lowest BCUT2D eigenvalue weighted by Gasteiger charge is -2.04. The molecule has 3 aromatic rings. The van der Waals surface area contributed by atoms with Crippen LogP contribution in [0, 0.1) is 0 Å². The third-order valence-corrected chi connectivity index (χ3v) is 4.94. The molecule has 0 bridgehead atoms. The lowest BCUT2D eigenvalue weighted by Crippen LogP contribution is -2.21. The van der Waals surface area contributed by atoms with Crippen molar-refractivity contribution in [1.82, 2.24) is 9.78 Å². The van der Waals surface area contributed by atoms with Crippen LogP contribution in [0.25, 0.3) is 22.3 Å². The van der Waals surface area contributed by atoms with Crippen LogP contribution in [-0.2, 0) is 19.1 Å². The van der Waals surface area contributed by atoms with Gasteiger partial charge in [-0.25, -0.2) is 14.3 Å². The second-order valence-corrected chi connectivity index (χ2v) is 6.85. The molecule has 0 aliphatic carbocycles. The van der Waals surface area contributed by atoms with Gasteiger partial charge in [0, 0.05) is 24.3 Å². The quantitative estimate of drug-likeness (QED) is 0.501. The summed E-state index contributed by atoms with van der Waals surface area (Å²) >= 11 is 1.57. The van der Waals surface area contributed by atoms with Crippen LogP contribution in [0.5, 0.6) is 0 Å². The van der Waals surface area contributed by atoms with Gasteiger partial charge in [0.2, 0.25) is 6.10 Å². The number of rotatable bonds is 5. The van der Waals surface area contributed by atoms with Gasteiger partial charge in [-0.05, 0) is 29.7 Å². The summed E-state index contributed by atoms with van der Waals surface area (Å²) in [6, 6.07) is 13.7. The van der Waals surface area contributed by atoms with E-state index < -0.39 is 18.0 Å². The first-order chi connectivity index (χ1) is 13.2. The SMILES string of the molecule is O=C(/C=C/c1cn(-c2ccccc2)nc1-c1cccs1)O[C@H]1CCOC1=O. The number of carbonyl (C=O) groups excluding carboxylic acids is 2. The molecule has 1 atom stereocenters. The first-order valence-electron chi connectivity index (χ1n) is 8.45. The highest BCUT2D eigenvalue weighted by Gasteiger charge is 2.29. The van der Waals surface area contributed by atoms with Crippen LogP contribution in [0.15, 0.2) is 60.1 Å². The summed E-state index contributed by atoms with van der Waals surface area (Å²) in [6.07, 6.45) is 4.41. The highest BCUT2D eigenvalue weighted by molar-refractivity contribution is 7.13. The van der Waals surface area contributed by atoms with Gasteiger partial charge in [0.05, 0.1) is 17.2 Å². The van der Waals surface area contributed by atoms with E-state index in [0.29, 0.717) is 6.42 Å². The third kappa shape index (κ3) is 3.83. The smallest absolute Gasteiger partial charge is 0.347 e. The first kappa shape index (κ1) is 17.2. The van der Waals surface area contributed by atoms with Crippen molar-refractivity contribution in [3.05, 3.63) is 65.7 Å². The van der Waals surface area contributed by atoms with Crippen LogP contribution in [0.2, 0.25) is 0 Å². The minimum atomic E-state index is -0.814. The number of hydrogen-bond donors (Lipinski definition) is 0. The zero-order chi connectivity index (χ0) is 18.6. The summed E-state index contributed by atoms with van der Waals surface area (Å²) in [6.45, 7) is 0.285. The van der Waals surface area contributed by atoms with Gasteiger partial charge in [0.1, 0.15) is 5.69 Å². The standard InChI is InChI=1S/C20H16N2O4S/c23-18(26-16-10-11-25-20(16)24)9-8-14-13-22(15-5-2-1-3-6-15)21-19(14)17-7-4-12-27-17/h1-9,12-13,16H,10-11H2/b9-8+/t16-/m0/s1. The molecule has 0 N–H and O–H groups in total. The minimum absolute atomic E-state index is 0.285. The summed E-state index contributed by atoms with van der Waals surface area (Å²) in [4.78, 5) is 24.5. The molecule has 1 aromatic carbocycles. The van der Waals surface area contributed by atoms with Crippen LogP contribution >= 0.6 is 11.3 Å². The number of carbonyl (C=O) groups is 2. The summed E-state index contributed by atoms with van der Waals surface area (Å²) in [7, 11) is 0. The Kier molecular flexibility index (Phi) is 4.84. The van der Waals surface area contributed by atoms with Crippen molar-refractivity contribution >= 4 is 29.4 Å². The van der Waals surface area contributed by atoms with Gasteiger partial charge in [0.25, 0.3) is 0 Å². The van der Waals surface area contributed by atoms with Crippen LogP contribution in [0.3, 0.4) is 0 Å². The van der Waals surface area contributed by atoms with E-state index in [9.17, 15) is 9.59 Å². The van der Waals surface area contributed by atoms with Crippen LogP contribution < -0.4 is 0 Å². The molecule has 1 aliphatic rings. The Morgan fingerprint density at radius 1 is 1.26 bits per heavy atom. The fourth-order valence-corrected chi connectivity index (χ4v) is 3.48. The van der Waals surface area contributed by atoms with Crippen LogP contribution in [-0.4, -0.2) is 34.4 Å². The first-order valence-corrected chi connectivity index (χ1v) is 9.33. The number of ether oxygens (including phenoxy) is 2. The number of aromatic nitrogens is 2. The van der Waals surface area contributed by atoms with Crippen molar-refractivity contribution in [2.24, 2.45) is 0 Å². The van der Waals surface area contributed by atoms with Crippen molar-refractivity contribution < 1.29 is 19.1 Å². The molecular formula is C20H16N2O4S. The largest absolute Gasteiger partial charge is 0.463 e. The maximum absolute atomic E-state index is 12.1. The number of para-hydroxylation sites is 1. The number of esters is 2. The van der Waals surface area contributed by atoms with Gasteiger partial charge in [-0.2, -0.15) is 5.10 Å². The van der Waals surface area contributed by atoms with Gasteiger partial charge < -0.3 is 9.47 Å². The van der Waals surface area contributed by atoms with E-state index in [2.05, 4.69) is 5.10 Å². The summed E-state index contributed by atoms with van der Waals surface area (Å²) in [5, 5.41) is 6.64. The second-order valence-electron chi connectivity index (χ2n) is 5.91.